The lowest BCUT2D eigenvalue weighted by atomic mass is 9.87. The number of carbonyl (C=O) groups excluding carboxylic acids is 2. The summed E-state index contributed by atoms with van der Waals surface area (Å²) in [4.78, 5) is 32.2. The smallest absolute Gasteiger partial charge is 0.416 e. The number of rotatable bonds is 4. The van der Waals surface area contributed by atoms with Crippen LogP contribution < -0.4 is 4.74 Å². The Hall–Kier alpha value is -3.07. The Bertz CT molecular complexity index is 1050. The molecule has 2 heterocycles. The number of likely N-dealkylation sites (N-methyl/N-ethyl adjacent to an activating group) is 1. The number of piperazine rings is 1. The van der Waals surface area contributed by atoms with E-state index in [0.717, 1.165) is 25.2 Å². The maximum atomic E-state index is 13.5. The summed E-state index contributed by atoms with van der Waals surface area (Å²) in [5, 5.41) is 0. The van der Waals surface area contributed by atoms with E-state index in [0.29, 0.717) is 30.0 Å². The summed E-state index contributed by atoms with van der Waals surface area (Å²) in [6, 6.07) is 11.8. The minimum atomic E-state index is -4.48. The molecule has 0 radical (unpaired) electrons. The molecule has 0 spiro atoms. The molecule has 2 aromatic carbocycles. The van der Waals surface area contributed by atoms with Gasteiger partial charge in [-0.1, -0.05) is 24.3 Å². The lowest BCUT2D eigenvalue weighted by Crippen LogP contribution is -2.50. The van der Waals surface area contributed by atoms with Gasteiger partial charge in [-0.25, -0.2) is 0 Å². The van der Waals surface area contributed by atoms with Crippen molar-refractivity contribution < 1.29 is 27.5 Å². The lowest BCUT2D eigenvalue weighted by molar-refractivity contribution is -0.137. The number of halogens is 3. The Labute approximate surface area is 196 Å². The first-order valence-corrected chi connectivity index (χ1v) is 11.2. The number of benzene rings is 2. The molecule has 2 saturated heterocycles. The summed E-state index contributed by atoms with van der Waals surface area (Å²) in [6.07, 6.45) is -4.48. The van der Waals surface area contributed by atoms with Crippen LogP contribution in [0.5, 0.6) is 5.75 Å². The number of carbonyl (C=O) groups is 2. The van der Waals surface area contributed by atoms with Crippen LogP contribution in [0.3, 0.4) is 0 Å². The second-order valence-electron chi connectivity index (χ2n) is 8.91. The quantitative estimate of drug-likeness (QED) is 0.681. The Balaban J connectivity index is 1.64. The van der Waals surface area contributed by atoms with E-state index in [2.05, 4.69) is 4.90 Å². The maximum Gasteiger partial charge on any atom is 0.416 e. The van der Waals surface area contributed by atoms with Crippen molar-refractivity contribution >= 4 is 11.8 Å². The number of ether oxygens (including phenoxy) is 1. The molecule has 2 aromatic rings. The fraction of sp³-hybridized carbons (Fsp3) is 0.440. The van der Waals surface area contributed by atoms with Crippen molar-refractivity contribution in [1.82, 2.24) is 14.7 Å². The minimum absolute atomic E-state index is 0.114. The summed E-state index contributed by atoms with van der Waals surface area (Å²) in [5.74, 6) is -0.990. The molecule has 2 unspecified atom stereocenters. The number of hydrogen-bond acceptors (Lipinski definition) is 4. The molecule has 4 rings (SSSR count). The Morgan fingerprint density at radius 3 is 2.32 bits per heavy atom. The van der Waals surface area contributed by atoms with Gasteiger partial charge in [0.15, 0.2) is 0 Å². The predicted octanol–water partition coefficient (Wildman–Crippen LogP) is 3.34. The van der Waals surface area contributed by atoms with Crippen LogP contribution in [0.15, 0.2) is 48.5 Å². The van der Waals surface area contributed by atoms with Gasteiger partial charge in [-0.15, -0.1) is 0 Å². The van der Waals surface area contributed by atoms with Crippen LogP contribution in [0.4, 0.5) is 13.2 Å². The van der Waals surface area contributed by atoms with Crippen LogP contribution in [0.2, 0.25) is 0 Å². The first kappa shape index (κ1) is 24.1. The molecule has 2 atom stereocenters. The second kappa shape index (κ2) is 9.66. The van der Waals surface area contributed by atoms with E-state index in [4.69, 9.17) is 4.74 Å². The second-order valence-corrected chi connectivity index (χ2v) is 8.91. The summed E-state index contributed by atoms with van der Waals surface area (Å²) in [5.41, 5.74) is 0.0754. The molecule has 9 heteroatoms. The van der Waals surface area contributed by atoms with Crippen LogP contribution in [-0.4, -0.2) is 79.9 Å². The average Bonchev–Trinajstić information content (AvgIpc) is 3.29. The van der Waals surface area contributed by atoms with Crippen molar-refractivity contribution in [3.8, 4) is 5.75 Å². The van der Waals surface area contributed by atoms with Crippen molar-refractivity contribution in [2.75, 3.05) is 53.4 Å². The zero-order valence-electron chi connectivity index (χ0n) is 19.2. The average molecular weight is 476 g/mol. The highest BCUT2D eigenvalue weighted by atomic mass is 19.4. The van der Waals surface area contributed by atoms with Crippen molar-refractivity contribution in [3.05, 3.63) is 65.2 Å². The van der Waals surface area contributed by atoms with E-state index in [-0.39, 0.29) is 24.9 Å². The Kier molecular flexibility index (Phi) is 6.84. The van der Waals surface area contributed by atoms with Gasteiger partial charge in [-0.05, 0) is 36.9 Å². The predicted molar refractivity (Wildman–Crippen MR) is 121 cm³/mol. The van der Waals surface area contributed by atoms with E-state index < -0.39 is 23.6 Å². The molecule has 0 aromatic heterocycles. The highest BCUT2D eigenvalue weighted by Crippen LogP contribution is 2.38. The first-order valence-electron chi connectivity index (χ1n) is 11.2. The van der Waals surface area contributed by atoms with E-state index >= 15 is 0 Å². The third kappa shape index (κ3) is 5.04. The highest BCUT2D eigenvalue weighted by molar-refractivity contribution is 5.95. The molecule has 2 amide bonds. The molecule has 2 aliphatic rings. The SMILES string of the molecule is COc1cccc(C(=O)N2CC(C(=O)N3CCN(C)CC3)C(c3cccc(C(F)(F)F)c3)C2)c1. The molecule has 34 heavy (non-hydrogen) atoms. The highest BCUT2D eigenvalue weighted by Gasteiger charge is 2.43. The van der Waals surface area contributed by atoms with Crippen LogP contribution in [0, 0.1) is 5.92 Å². The van der Waals surface area contributed by atoms with E-state index in [1.54, 1.807) is 40.1 Å². The van der Waals surface area contributed by atoms with Gasteiger partial charge in [-0.3, -0.25) is 9.59 Å². The first-order chi connectivity index (χ1) is 16.2. The monoisotopic (exact) mass is 475 g/mol. The summed E-state index contributed by atoms with van der Waals surface area (Å²) in [6.45, 7) is 2.91. The van der Waals surface area contributed by atoms with Gasteiger partial charge in [0.25, 0.3) is 5.91 Å². The van der Waals surface area contributed by atoms with E-state index in [1.807, 2.05) is 7.05 Å². The molecule has 0 bridgehead atoms. The fourth-order valence-corrected chi connectivity index (χ4v) is 4.70. The molecule has 0 N–H and O–H groups in total. The summed E-state index contributed by atoms with van der Waals surface area (Å²) < 4.78 is 45.3. The van der Waals surface area contributed by atoms with Crippen LogP contribution in [0.25, 0.3) is 0 Å². The Morgan fingerprint density at radius 1 is 0.941 bits per heavy atom. The van der Waals surface area contributed by atoms with Crippen molar-refractivity contribution in [3.63, 3.8) is 0 Å². The van der Waals surface area contributed by atoms with Gasteiger partial charge in [0.2, 0.25) is 5.91 Å². The van der Waals surface area contributed by atoms with Crippen LogP contribution in [-0.2, 0) is 11.0 Å². The van der Waals surface area contributed by atoms with Crippen molar-refractivity contribution in [1.29, 1.82) is 0 Å². The number of nitrogens with zero attached hydrogens (tertiary/aromatic N) is 3. The molecule has 0 aliphatic carbocycles. The molecule has 0 saturated carbocycles. The third-order valence-electron chi connectivity index (χ3n) is 6.70. The molecule has 6 nitrogen and oxygen atoms in total. The number of hydrogen-bond donors (Lipinski definition) is 0. The third-order valence-corrected chi connectivity index (χ3v) is 6.70. The topological polar surface area (TPSA) is 53.1 Å². The van der Waals surface area contributed by atoms with Crippen LogP contribution >= 0.6 is 0 Å². The van der Waals surface area contributed by atoms with Gasteiger partial charge >= 0.3 is 6.18 Å². The largest absolute Gasteiger partial charge is 0.497 e. The van der Waals surface area contributed by atoms with E-state index in [1.165, 1.54) is 13.2 Å². The van der Waals surface area contributed by atoms with E-state index in [9.17, 15) is 22.8 Å². The zero-order chi connectivity index (χ0) is 24.5. The van der Waals surface area contributed by atoms with Crippen molar-refractivity contribution in [2.45, 2.75) is 12.1 Å². The van der Waals surface area contributed by atoms with Gasteiger partial charge in [-0.2, -0.15) is 13.2 Å². The molecular formula is C25H28F3N3O3. The molecule has 182 valence electrons. The zero-order valence-corrected chi connectivity index (χ0v) is 19.2. The number of amides is 2. The molecule has 2 aliphatic heterocycles. The van der Waals surface area contributed by atoms with Gasteiger partial charge < -0.3 is 19.4 Å². The Morgan fingerprint density at radius 2 is 1.65 bits per heavy atom. The number of methoxy groups -OCH3 is 1. The molecular weight excluding hydrogens is 447 g/mol. The van der Waals surface area contributed by atoms with Crippen LogP contribution in [0.1, 0.15) is 27.4 Å². The maximum absolute atomic E-state index is 13.5. The lowest BCUT2D eigenvalue weighted by Gasteiger charge is -2.35. The standard InChI is InChI=1S/C25H28F3N3O3/c1-29-9-11-30(12-10-29)24(33)22-16-31(23(32)18-6-4-8-20(14-18)34-2)15-21(22)17-5-3-7-19(13-17)25(26,27)28/h3-8,13-14,21-22H,9-12,15-16H2,1-2H3. The minimum Gasteiger partial charge on any atom is -0.497 e. The molecule has 2 fully saturated rings. The fourth-order valence-electron chi connectivity index (χ4n) is 4.70. The normalized spacial score (nSPS) is 21.6. The number of likely N-dealkylation sites (tertiary alicyclic amines) is 1. The summed E-state index contributed by atoms with van der Waals surface area (Å²) in [7, 11) is 3.49. The van der Waals surface area contributed by atoms with Gasteiger partial charge in [0.05, 0.1) is 18.6 Å². The summed E-state index contributed by atoms with van der Waals surface area (Å²) >= 11 is 0. The van der Waals surface area contributed by atoms with Crippen molar-refractivity contribution in [2.24, 2.45) is 5.92 Å². The number of alkyl halides is 3. The van der Waals surface area contributed by atoms with Gasteiger partial charge in [0.1, 0.15) is 5.75 Å². The van der Waals surface area contributed by atoms with Gasteiger partial charge in [0, 0.05) is 50.7 Å².